The molecule has 0 saturated carbocycles. The van der Waals surface area contributed by atoms with Crippen LogP contribution in [0.1, 0.15) is 12.7 Å². The number of hydrogen-bond donors (Lipinski definition) is 1. The van der Waals surface area contributed by atoms with Gasteiger partial charge in [0.25, 0.3) is 0 Å². The Labute approximate surface area is 141 Å². The fourth-order valence-corrected chi connectivity index (χ4v) is 2.74. The van der Waals surface area contributed by atoms with Crippen LogP contribution in [0.2, 0.25) is 0 Å². The Morgan fingerprint density at radius 3 is 2.62 bits per heavy atom. The number of nitrogens with one attached hydrogen (secondary N) is 1. The van der Waals surface area contributed by atoms with Crippen LogP contribution in [-0.4, -0.2) is 68.8 Å². The first-order chi connectivity index (χ1) is 11.8. The van der Waals surface area contributed by atoms with Gasteiger partial charge in [-0.1, -0.05) is 0 Å². The maximum atomic E-state index is 4.39. The smallest absolute Gasteiger partial charge is 0.225 e. The fraction of sp³-hybridized carbons (Fsp3) is 0.533. The highest BCUT2D eigenvalue weighted by atomic mass is 15.4. The molecule has 3 heterocycles. The second-order valence-corrected chi connectivity index (χ2v) is 5.46. The van der Waals surface area contributed by atoms with Gasteiger partial charge in [0.2, 0.25) is 5.95 Å². The summed E-state index contributed by atoms with van der Waals surface area (Å²) in [7, 11) is 1.81. The van der Waals surface area contributed by atoms with Crippen LogP contribution in [0.25, 0.3) is 0 Å². The third-order valence-electron chi connectivity index (χ3n) is 4.07. The summed E-state index contributed by atoms with van der Waals surface area (Å²) < 4.78 is 2.02. The van der Waals surface area contributed by atoms with Crippen LogP contribution >= 0.6 is 0 Å². The zero-order valence-electron chi connectivity index (χ0n) is 14.1. The number of aromatic nitrogens is 5. The highest BCUT2D eigenvalue weighted by Gasteiger charge is 2.21. The van der Waals surface area contributed by atoms with E-state index in [1.807, 2.05) is 10.6 Å². The SMILES string of the molecule is CCn1cnnc1CNC(=NC)N1CCN(c2ncccn2)CC1. The minimum absolute atomic E-state index is 0.614. The van der Waals surface area contributed by atoms with E-state index in [1.165, 1.54) is 0 Å². The van der Waals surface area contributed by atoms with Gasteiger partial charge in [-0.25, -0.2) is 9.97 Å². The van der Waals surface area contributed by atoms with Crippen molar-refractivity contribution in [1.82, 2.24) is 34.9 Å². The van der Waals surface area contributed by atoms with E-state index in [4.69, 9.17) is 0 Å². The molecule has 1 saturated heterocycles. The van der Waals surface area contributed by atoms with Crippen molar-refractivity contribution >= 4 is 11.9 Å². The zero-order valence-corrected chi connectivity index (χ0v) is 14.1. The van der Waals surface area contributed by atoms with Crippen LogP contribution in [0.15, 0.2) is 29.8 Å². The summed E-state index contributed by atoms with van der Waals surface area (Å²) >= 11 is 0. The Kier molecular flexibility index (Phi) is 5.19. The van der Waals surface area contributed by atoms with Gasteiger partial charge in [0, 0.05) is 52.2 Å². The Hall–Kier alpha value is -2.71. The summed E-state index contributed by atoms with van der Waals surface area (Å²) in [6, 6.07) is 1.83. The minimum atomic E-state index is 0.614. The topological polar surface area (TPSA) is 87.4 Å². The molecular weight excluding hydrogens is 306 g/mol. The van der Waals surface area contributed by atoms with Gasteiger partial charge in [-0.05, 0) is 13.0 Å². The van der Waals surface area contributed by atoms with Crippen LogP contribution in [0.3, 0.4) is 0 Å². The molecule has 1 fully saturated rings. The number of guanidine groups is 1. The molecule has 9 nitrogen and oxygen atoms in total. The zero-order chi connectivity index (χ0) is 16.8. The summed E-state index contributed by atoms with van der Waals surface area (Å²) in [6.07, 6.45) is 5.30. The first kappa shape index (κ1) is 16.2. The number of rotatable bonds is 4. The van der Waals surface area contributed by atoms with Crippen molar-refractivity contribution in [1.29, 1.82) is 0 Å². The van der Waals surface area contributed by atoms with Crippen molar-refractivity contribution < 1.29 is 0 Å². The molecule has 0 unspecified atom stereocenters. The van der Waals surface area contributed by atoms with Gasteiger partial charge >= 0.3 is 0 Å². The predicted molar refractivity (Wildman–Crippen MR) is 91.7 cm³/mol. The minimum Gasteiger partial charge on any atom is -0.349 e. The van der Waals surface area contributed by atoms with Gasteiger partial charge in [-0.3, -0.25) is 4.99 Å². The van der Waals surface area contributed by atoms with Gasteiger partial charge in [0.05, 0.1) is 6.54 Å². The Morgan fingerprint density at radius 2 is 1.96 bits per heavy atom. The van der Waals surface area contributed by atoms with Gasteiger partial charge in [-0.15, -0.1) is 10.2 Å². The predicted octanol–water partition coefficient (Wildman–Crippen LogP) is -0.0144. The molecule has 9 heteroatoms. The molecule has 3 rings (SSSR count). The maximum absolute atomic E-state index is 4.39. The Balaban J connectivity index is 1.54. The average molecular weight is 329 g/mol. The van der Waals surface area contributed by atoms with Crippen molar-refractivity contribution in [3.8, 4) is 0 Å². The number of hydrogen-bond acceptors (Lipinski definition) is 6. The number of aryl methyl sites for hydroxylation is 1. The third-order valence-corrected chi connectivity index (χ3v) is 4.07. The van der Waals surface area contributed by atoms with E-state index in [0.29, 0.717) is 6.54 Å². The monoisotopic (exact) mass is 329 g/mol. The normalized spacial score (nSPS) is 15.7. The van der Waals surface area contributed by atoms with Crippen LogP contribution in [0.4, 0.5) is 5.95 Å². The molecule has 0 aromatic carbocycles. The lowest BCUT2D eigenvalue weighted by Crippen LogP contribution is -2.52. The summed E-state index contributed by atoms with van der Waals surface area (Å²) in [5.41, 5.74) is 0. The van der Waals surface area contributed by atoms with E-state index in [-0.39, 0.29) is 0 Å². The highest BCUT2D eigenvalue weighted by Crippen LogP contribution is 2.09. The quantitative estimate of drug-likeness (QED) is 0.623. The Bertz CT molecular complexity index is 659. The van der Waals surface area contributed by atoms with Gasteiger partial charge in [0.15, 0.2) is 11.8 Å². The van der Waals surface area contributed by atoms with Crippen LogP contribution in [0, 0.1) is 0 Å². The van der Waals surface area contributed by atoms with Gasteiger partial charge in [0.1, 0.15) is 6.33 Å². The molecule has 0 bridgehead atoms. The Morgan fingerprint density at radius 1 is 1.21 bits per heavy atom. The summed E-state index contributed by atoms with van der Waals surface area (Å²) in [6.45, 7) is 7.04. The molecule has 2 aromatic rings. The molecule has 0 atom stereocenters. The van der Waals surface area contributed by atoms with Crippen molar-refractivity contribution in [2.24, 2.45) is 4.99 Å². The molecule has 0 radical (unpaired) electrons. The highest BCUT2D eigenvalue weighted by molar-refractivity contribution is 5.80. The van der Waals surface area contributed by atoms with E-state index >= 15 is 0 Å². The van der Waals surface area contributed by atoms with E-state index in [9.17, 15) is 0 Å². The molecule has 1 aliphatic rings. The molecule has 1 aliphatic heterocycles. The number of piperazine rings is 1. The van der Waals surface area contributed by atoms with Crippen molar-refractivity contribution in [3.63, 3.8) is 0 Å². The second-order valence-electron chi connectivity index (χ2n) is 5.46. The van der Waals surface area contributed by atoms with E-state index in [1.54, 1.807) is 25.8 Å². The first-order valence-electron chi connectivity index (χ1n) is 8.16. The summed E-state index contributed by atoms with van der Waals surface area (Å²) in [5, 5.41) is 11.5. The van der Waals surface area contributed by atoms with Crippen molar-refractivity contribution in [2.45, 2.75) is 20.0 Å². The number of aliphatic imine (C=N–C) groups is 1. The molecule has 2 aromatic heterocycles. The number of nitrogens with zero attached hydrogens (tertiary/aromatic N) is 8. The standard InChI is InChI=1S/C15H23N9/c1-3-22-12-20-21-13(22)11-19-14(16-2)23-7-9-24(10-8-23)15-17-5-4-6-18-15/h4-6,12H,3,7-11H2,1-2H3,(H,16,19). The largest absolute Gasteiger partial charge is 0.349 e. The maximum Gasteiger partial charge on any atom is 0.225 e. The summed E-state index contributed by atoms with van der Waals surface area (Å²) in [4.78, 5) is 17.5. The molecule has 0 amide bonds. The molecule has 0 spiro atoms. The lowest BCUT2D eigenvalue weighted by atomic mass is 10.3. The van der Waals surface area contributed by atoms with Gasteiger partial charge < -0.3 is 19.7 Å². The van der Waals surface area contributed by atoms with E-state index < -0.39 is 0 Å². The molecule has 24 heavy (non-hydrogen) atoms. The van der Waals surface area contributed by atoms with E-state index in [0.717, 1.165) is 50.5 Å². The molecule has 128 valence electrons. The lowest BCUT2D eigenvalue weighted by molar-refractivity contribution is 0.369. The van der Waals surface area contributed by atoms with Gasteiger partial charge in [-0.2, -0.15) is 0 Å². The van der Waals surface area contributed by atoms with Crippen LogP contribution in [-0.2, 0) is 13.1 Å². The van der Waals surface area contributed by atoms with E-state index in [2.05, 4.69) is 47.2 Å². The average Bonchev–Trinajstić information content (AvgIpc) is 3.11. The summed E-state index contributed by atoms with van der Waals surface area (Å²) in [5.74, 6) is 2.58. The molecule has 1 N–H and O–H groups in total. The van der Waals surface area contributed by atoms with Crippen LogP contribution < -0.4 is 10.2 Å². The first-order valence-corrected chi connectivity index (χ1v) is 8.16. The van der Waals surface area contributed by atoms with Crippen molar-refractivity contribution in [2.75, 3.05) is 38.1 Å². The third kappa shape index (κ3) is 3.61. The van der Waals surface area contributed by atoms with Crippen molar-refractivity contribution in [3.05, 3.63) is 30.6 Å². The second kappa shape index (κ2) is 7.71. The number of anilines is 1. The molecule has 0 aliphatic carbocycles. The lowest BCUT2D eigenvalue weighted by Gasteiger charge is -2.36. The van der Waals surface area contributed by atoms with Crippen LogP contribution in [0.5, 0.6) is 0 Å². The fourth-order valence-electron chi connectivity index (χ4n) is 2.74. The molecular formula is C15H23N9.